The average molecular weight is 320 g/mol. The molecule has 1 aliphatic carbocycles. The van der Waals surface area contributed by atoms with Crippen LogP contribution in [0.15, 0.2) is 23.4 Å². The maximum absolute atomic E-state index is 12.5. The van der Waals surface area contributed by atoms with Crippen molar-refractivity contribution in [3.63, 3.8) is 0 Å². The Hall–Kier alpha value is -0.790. The number of nitrogens with zero attached hydrogens (tertiary/aromatic N) is 1. The highest BCUT2D eigenvalue weighted by atomic mass is 32.2. The molecule has 0 aromatic carbocycles. The van der Waals surface area contributed by atoms with Crippen molar-refractivity contribution in [1.29, 1.82) is 0 Å². The molecule has 21 heavy (non-hydrogen) atoms. The zero-order valence-electron chi connectivity index (χ0n) is 11.8. The number of hydrogen-bond acceptors (Lipinski definition) is 4. The third-order valence-corrected chi connectivity index (χ3v) is 5.20. The van der Waals surface area contributed by atoms with E-state index in [9.17, 15) is 18.3 Å². The molecule has 2 rings (SSSR count). The maximum atomic E-state index is 12.5. The van der Waals surface area contributed by atoms with Crippen LogP contribution in [-0.2, 0) is 6.18 Å². The van der Waals surface area contributed by atoms with E-state index in [0.717, 1.165) is 37.9 Å². The Labute approximate surface area is 126 Å². The van der Waals surface area contributed by atoms with Gasteiger partial charge in [0, 0.05) is 17.0 Å². The normalized spacial score (nSPS) is 26.8. The molecule has 0 spiro atoms. The van der Waals surface area contributed by atoms with Gasteiger partial charge in [-0.2, -0.15) is 13.2 Å². The van der Waals surface area contributed by atoms with Crippen LogP contribution in [0.4, 0.5) is 13.2 Å². The van der Waals surface area contributed by atoms with Crippen LogP contribution in [0.2, 0.25) is 0 Å². The van der Waals surface area contributed by atoms with Crippen molar-refractivity contribution in [3.8, 4) is 0 Å². The van der Waals surface area contributed by atoms with Crippen molar-refractivity contribution >= 4 is 11.8 Å². The van der Waals surface area contributed by atoms with E-state index in [-0.39, 0.29) is 17.4 Å². The molecule has 1 aromatic rings. The van der Waals surface area contributed by atoms with Gasteiger partial charge in [0.05, 0.1) is 17.2 Å². The molecule has 2 atom stereocenters. The first-order valence-electron chi connectivity index (χ1n) is 6.88. The van der Waals surface area contributed by atoms with Gasteiger partial charge in [-0.05, 0) is 38.4 Å². The topological polar surface area (TPSA) is 45.1 Å². The van der Waals surface area contributed by atoms with E-state index in [0.29, 0.717) is 5.03 Å². The number of thioether (sulfide) groups is 1. The molecule has 2 N–H and O–H groups in total. The molecular formula is C14H19F3N2OS. The van der Waals surface area contributed by atoms with E-state index in [1.165, 1.54) is 17.8 Å². The fourth-order valence-electron chi connectivity index (χ4n) is 2.65. The second-order valence-corrected chi connectivity index (χ2v) is 6.73. The Balaban J connectivity index is 2.01. The summed E-state index contributed by atoms with van der Waals surface area (Å²) in [5.74, 6) is 0. The molecule has 1 aromatic heterocycles. The maximum Gasteiger partial charge on any atom is 0.417 e. The van der Waals surface area contributed by atoms with Crippen LogP contribution in [0, 0.1) is 0 Å². The summed E-state index contributed by atoms with van der Waals surface area (Å²) >= 11 is 1.49. The molecule has 1 saturated carbocycles. The number of halogens is 3. The molecule has 0 radical (unpaired) electrons. The number of aromatic nitrogens is 1. The summed E-state index contributed by atoms with van der Waals surface area (Å²) < 4.78 is 37.5. The van der Waals surface area contributed by atoms with Crippen molar-refractivity contribution in [2.45, 2.75) is 47.7 Å². The van der Waals surface area contributed by atoms with Gasteiger partial charge in [-0.3, -0.25) is 0 Å². The van der Waals surface area contributed by atoms with E-state index < -0.39 is 11.7 Å². The van der Waals surface area contributed by atoms with Crippen LogP contribution in [0.1, 0.15) is 31.2 Å². The molecule has 7 heteroatoms. The van der Waals surface area contributed by atoms with E-state index in [4.69, 9.17) is 0 Å². The smallest absolute Gasteiger partial charge is 0.394 e. The van der Waals surface area contributed by atoms with Crippen molar-refractivity contribution in [1.82, 2.24) is 10.3 Å². The summed E-state index contributed by atoms with van der Waals surface area (Å²) in [6.45, 7) is 0.0704. The van der Waals surface area contributed by atoms with Crippen LogP contribution in [0.25, 0.3) is 0 Å². The standard InChI is InChI=1S/C14H19F3N2OS/c1-18-13(9-20)6-2-3-11(7-13)21-12-5-4-10(8-19-12)14(15,16)17/h4-5,8,11,18,20H,2-3,6-7,9H2,1H3. The number of rotatable bonds is 4. The van der Waals surface area contributed by atoms with Gasteiger partial charge < -0.3 is 10.4 Å². The first-order chi connectivity index (χ1) is 9.88. The number of pyridine rings is 1. The second kappa shape index (κ2) is 6.54. The lowest BCUT2D eigenvalue weighted by Gasteiger charge is -2.39. The van der Waals surface area contributed by atoms with Crippen LogP contribution < -0.4 is 5.32 Å². The van der Waals surface area contributed by atoms with Gasteiger partial charge in [-0.1, -0.05) is 6.42 Å². The van der Waals surface area contributed by atoms with E-state index in [2.05, 4.69) is 10.3 Å². The highest BCUT2D eigenvalue weighted by Gasteiger charge is 2.35. The summed E-state index contributed by atoms with van der Waals surface area (Å²) in [4.78, 5) is 3.90. The van der Waals surface area contributed by atoms with E-state index in [1.54, 1.807) is 0 Å². The molecular weight excluding hydrogens is 301 g/mol. The number of alkyl halides is 3. The molecule has 2 unspecified atom stereocenters. The predicted molar refractivity (Wildman–Crippen MR) is 76.2 cm³/mol. The quantitative estimate of drug-likeness (QED) is 0.895. The average Bonchev–Trinajstić information content (AvgIpc) is 2.47. The Bertz CT molecular complexity index is 460. The molecule has 0 aliphatic heterocycles. The van der Waals surface area contributed by atoms with Crippen molar-refractivity contribution in [2.75, 3.05) is 13.7 Å². The second-order valence-electron chi connectivity index (χ2n) is 5.41. The van der Waals surface area contributed by atoms with Gasteiger partial charge in [0.1, 0.15) is 0 Å². The van der Waals surface area contributed by atoms with Crippen LogP contribution in [0.5, 0.6) is 0 Å². The highest BCUT2D eigenvalue weighted by molar-refractivity contribution is 7.99. The van der Waals surface area contributed by atoms with Gasteiger partial charge in [0.15, 0.2) is 0 Å². The molecule has 3 nitrogen and oxygen atoms in total. The number of hydrogen-bond donors (Lipinski definition) is 2. The zero-order valence-corrected chi connectivity index (χ0v) is 12.6. The molecule has 1 aliphatic rings. The first kappa shape index (κ1) is 16.6. The third-order valence-electron chi connectivity index (χ3n) is 3.98. The Morgan fingerprint density at radius 2 is 2.24 bits per heavy atom. The van der Waals surface area contributed by atoms with Gasteiger partial charge in [-0.25, -0.2) is 4.98 Å². The molecule has 118 valence electrons. The minimum atomic E-state index is -4.35. The lowest BCUT2D eigenvalue weighted by molar-refractivity contribution is -0.137. The lowest BCUT2D eigenvalue weighted by atomic mass is 9.82. The number of likely N-dealkylation sites (N-methyl/N-ethyl adjacent to an activating group) is 1. The minimum Gasteiger partial charge on any atom is -0.394 e. The van der Waals surface area contributed by atoms with Crippen LogP contribution in [-0.4, -0.2) is 34.5 Å². The van der Waals surface area contributed by atoms with Crippen molar-refractivity contribution in [3.05, 3.63) is 23.9 Å². The fraction of sp³-hybridized carbons (Fsp3) is 0.643. The lowest BCUT2D eigenvalue weighted by Crippen LogP contribution is -2.50. The van der Waals surface area contributed by atoms with Crippen LogP contribution >= 0.6 is 11.8 Å². The van der Waals surface area contributed by atoms with E-state index in [1.807, 2.05) is 7.05 Å². The van der Waals surface area contributed by atoms with Gasteiger partial charge in [0.2, 0.25) is 0 Å². The molecule has 0 amide bonds. The Kier molecular flexibility index (Phi) is 5.16. The molecule has 1 fully saturated rings. The largest absolute Gasteiger partial charge is 0.417 e. The number of nitrogens with one attached hydrogen (secondary N) is 1. The van der Waals surface area contributed by atoms with Crippen molar-refractivity contribution < 1.29 is 18.3 Å². The monoisotopic (exact) mass is 320 g/mol. The Morgan fingerprint density at radius 1 is 1.48 bits per heavy atom. The molecule has 1 heterocycles. The third kappa shape index (κ3) is 4.11. The SMILES string of the molecule is CNC1(CO)CCCC(Sc2ccc(C(F)(F)F)cn2)C1. The highest BCUT2D eigenvalue weighted by Crippen LogP contribution is 2.38. The zero-order chi connectivity index (χ0) is 15.5. The van der Waals surface area contributed by atoms with Crippen molar-refractivity contribution in [2.24, 2.45) is 0 Å². The minimum absolute atomic E-state index is 0.0704. The van der Waals surface area contributed by atoms with Crippen LogP contribution in [0.3, 0.4) is 0 Å². The summed E-state index contributed by atoms with van der Waals surface area (Å²) in [6.07, 6.45) is 0.198. The summed E-state index contributed by atoms with van der Waals surface area (Å²) in [5.41, 5.74) is -1.00. The summed E-state index contributed by atoms with van der Waals surface area (Å²) in [6, 6.07) is 2.48. The molecule has 0 bridgehead atoms. The van der Waals surface area contributed by atoms with Gasteiger partial charge in [-0.15, -0.1) is 11.8 Å². The number of aliphatic hydroxyl groups excluding tert-OH is 1. The molecule has 0 saturated heterocycles. The Morgan fingerprint density at radius 3 is 2.76 bits per heavy atom. The summed E-state index contributed by atoms with van der Waals surface area (Å²) in [7, 11) is 1.83. The first-order valence-corrected chi connectivity index (χ1v) is 7.76. The summed E-state index contributed by atoms with van der Waals surface area (Å²) in [5, 5.41) is 13.6. The number of aliphatic hydroxyl groups is 1. The predicted octanol–water partition coefficient (Wildman–Crippen LogP) is 3.09. The van der Waals surface area contributed by atoms with Gasteiger partial charge >= 0.3 is 6.18 Å². The van der Waals surface area contributed by atoms with E-state index >= 15 is 0 Å². The van der Waals surface area contributed by atoms with Gasteiger partial charge in [0.25, 0.3) is 0 Å². The fourth-order valence-corrected chi connectivity index (χ4v) is 3.94.